The van der Waals surface area contributed by atoms with E-state index in [-0.39, 0.29) is 11.9 Å². The molecule has 0 saturated carbocycles. The van der Waals surface area contributed by atoms with Crippen LogP contribution in [0.4, 0.5) is 0 Å². The van der Waals surface area contributed by atoms with Gasteiger partial charge in [-0.25, -0.2) is 4.79 Å². The number of hydrogen-bond donors (Lipinski definition) is 1. The van der Waals surface area contributed by atoms with E-state index in [0.717, 1.165) is 24.8 Å². The molecule has 1 atom stereocenters. The summed E-state index contributed by atoms with van der Waals surface area (Å²) in [5.41, 5.74) is 1.36. The number of unbranched alkanes of at least 4 members (excludes halogenated alkanes) is 4. The minimum absolute atomic E-state index is 0.219. The van der Waals surface area contributed by atoms with Crippen molar-refractivity contribution in [3.63, 3.8) is 0 Å². The van der Waals surface area contributed by atoms with E-state index in [9.17, 15) is 9.59 Å². The summed E-state index contributed by atoms with van der Waals surface area (Å²) in [4.78, 5) is 25.0. The van der Waals surface area contributed by atoms with Crippen molar-refractivity contribution in [3.05, 3.63) is 47.5 Å². The Morgan fingerprint density at radius 3 is 2.68 bits per heavy atom. The fourth-order valence-electron chi connectivity index (χ4n) is 3.25. The number of aromatic carboxylic acids is 1. The van der Waals surface area contributed by atoms with E-state index in [1.165, 1.54) is 25.7 Å². The molecule has 136 valence electrons. The van der Waals surface area contributed by atoms with Crippen molar-refractivity contribution in [2.45, 2.75) is 64.3 Å². The average Bonchev–Trinajstić information content (AvgIpc) is 2.96. The van der Waals surface area contributed by atoms with Gasteiger partial charge < -0.3 is 10.0 Å². The first kappa shape index (κ1) is 19.2. The van der Waals surface area contributed by atoms with Gasteiger partial charge in [0.15, 0.2) is 0 Å². The van der Waals surface area contributed by atoms with Gasteiger partial charge in [0.25, 0.3) is 0 Å². The Bertz CT molecular complexity index is 592. The van der Waals surface area contributed by atoms with Gasteiger partial charge in [0.2, 0.25) is 5.91 Å². The highest BCUT2D eigenvalue weighted by Gasteiger charge is 2.28. The van der Waals surface area contributed by atoms with Crippen LogP contribution in [-0.4, -0.2) is 34.5 Å². The summed E-state index contributed by atoms with van der Waals surface area (Å²) in [6.07, 6.45) is 12.9. The van der Waals surface area contributed by atoms with Crippen molar-refractivity contribution in [1.82, 2.24) is 4.90 Å². The van der Waals surface area contributed by atoms with Gasteiger partial charge in [-0.2, -0.15) is 0 Å². The Balaban J connectivity index is 1.82. The molecule has 1 saturated heterocycles. The first-order chi connectivity index (χ1) is 12.1. The number of nitrogens with zero attached hydrogens (tertiary/aromatic N) is 1. The lowest BCUT2D eigenvalue weighted by Crippen LogP contribution is -2.33. The first-order valence-electron chi connectivity index (χ1n) is 9.40. The van der Waals surface area contributed by atoms with Crippen LogP contribution < -0.4 is 0 Å². The van der Waals surface area contributed by atoms with Crippen LogP contribution in [0.1, 0.15) is 67.8 Å². The third-order valence-electron chi connectivity index (χ3n) is 4.80. The molecule has 1 unspecified atom stereocenters. The number of amides is 1. The molecule has 1 aromatic carbocycles. The number of likely N-dealkylation sites (tertiary alicyclic amines) is 1. The zero-order valence-corrected chi connectivity index (χ0v) is 15.1. The number of carbonyl (C=O) groups excluding carboxylic acids is 1. The number of allylic oxidation sites excluding steroid dienone is 1. The van der Waals surface area contributed by atoms with Gasteiger partial charge in [-0.3, -0.25) is 4.79 Å². The molecular weight excluding hydrogens is 314 g/mol. The lowest BCUT2D eigenvalue weighted by molar-refractivity contribution is -0.128. The molecule has 1 fully saturated rings. The molecule has 1 aromatic rings. The van der Waals surface area contributed by atoms with Crippen LogP contribution in [0, 0.1) is 0 Å². The summed E-state index contributed by atoms with van der Waals surface area (Å²) in [6.45, 7) is 2.91. The third kappa shape index (κ3) is 6.04. The fraction of sp³-hybridized carbons (Fsp3) is 0.524. The summed E-state index contributed by atoms with van der Waals surface area (Å²) < 4.78 is 0. The van der Waals surface area contributed by atoms with Gasteiger partial charge >= 0.3 is 5.97 Å². The lowest BCUT2D eigenvalue weighted by atomic mass is 10.1. The Morgan fingerprint density at radius 2 is 2.00 bits per heavy atom. The standard InChI is InChI=1S/C21H29NO3/c1-2-3-4-5-6-7-8-19-13-14-20(23)22(19)16-15-17-9-11-18(12-10-17)21(24)25/h7-12,19H,2-6,13-16H2,1H3,(H,24,25)/b8-7+. The van der Waals surface area contributed by atoms with Gasteiger partial charge in [0.1, 0.15) is 0 Å². The number of carbonyl (C=O) groups is 2. The van der Waals surface area contributed by atoms with Crippen LogP contribution in [0.25, 0.3) is 0 Å². The molecular formula is C21H29NO3. The van der Waals surface area contributed by atoms with Crippen molar-refractivity contribution < 1.29 is 14.7 Å². The zero-order chi connectivity index (χ0) is 18.1. The Labute approximate surface area is 150 Å². The van der Waals surface area contributed by atoms with Gasteiger partial charge in [0.05, 0.1) is 11.6 Å². The highest BCUT2D eigenvalue weighted by Crippen LogP contribution is 2.21. The van der Waals surface area contributed by atoms with E-state index in [2.05, 4.69) is 19.1 Å². The van der Waals surface area contributed by atoms with E-state index in [1.54, 1.807) is 12.1 Å². The summed E-state index contributed by atoms with van der Waals surface area (Å²) in [7, 11) is 0. The SMILES string of the molecule is CCCCCC/C=C/C1CCC(=O)N1CCc1ccc(C(=O)O)cc1. The highest BCUT2D eigenvalue weighted by atomic mass is 16.4. The van der Waals surface area contributed by atoms with Crippen molar-refractivity contribution in [2.75, 3.05) is 6.54 Å². The molecule has 1 N–H and O–H groups in total. The fourth-order valence-corrected chi connectivity index (χ4v) is 3.25. The molecule has 0 bridgehead atoms. The quantitative estimate of drug-likeness (QED) is 0.504. The van der Waals surface area contributed by atoms with Crippen molar-refractivity contribution in [2.24, 2.45) is 0 Å². The summed E-state index contributed by atoms with van der Waals surface area (Å²) in [5, 5.41) is 8.94. The lowest BCUT2D eigenvalue weighted by Gasteiger charge is -2.22. The smallest absolute Gasteiger partial charge is 0.335 e. The minimum Gasteiger partial charge on any atom is -0.478 e. The van der Waals surface area contributed by atoms with Crippen molar-refractivity contribution in [3.8, 4) is 0 Å². The highest BCUT2D eigenvalue weighted by molar-refractivity contribution is 5.87. The molecule has 4 nitrogen and oxygen atoms in total. The summed E-state index contributed by atoms with van der Waals surface area (Å²) in [6, 6.07) is 7.14. The van der Waals surface area contributed by atoms with E-state index in [0.29, 0.717) is 18.5 Å². The van der Waals surface area contributed by atoms with Crippen LogP contribution in [0.15, 0.2) is 36.4 Å². The molecule has 0 radical (unpaired) electrons. The second-order valence-corrected chi connectivity index (χ2v) is 6.72. The van der Waals surface area contributed by atoms with Gasteiger partial charge in [-0.1, -0.05) is 50.5 Å². The largest absolute Gasteiger partial charge is 0.478 e. The van der Waals surface area contributed by atoms with Crippen LogP contribution >= 0.6 is 0 Å². The molecule has 0 aromatic heterocycles. The average molecular weight is 343 g/mol. The maximum absolute atomic E-state index is 12.1. The van der Waals surface area contributed by atoms with E-state index < -0.39 is 5.97 Å². The molecule has 0 aliphatic carbocycles. The third-order valence-corrected chi connectivity index (χ3v) is 4.80. The normalized spacial score (nSPS) is 17.6. The molecule has 1 heterocycles. The maximum atomic E-state index is 12.1. The summed E-state index contributed by atoms with van der Waals surface area (Å²) in [5.74, 6) is -0.687. The van der Waals surface area contributed by atoms with Crippen molar-refractivity contribution in [1.29, 1.82) is 0 Å². The Morgan fingerprint density at radius 1 is 1.24 bits per heavy atom. The molecule has 2 rings (SSSR count). The van der Waals surface area contributed by atoms with Gasteiger partial charge in [-0.05, 0) is 43.4 Å². The van der Waals surface area contributed by atoms with Crippen LogP contribution in [0.3, 0.4) is 0 Å². The number of benzene rings is 1. The van der Waals surface area contributed by atoms with E-state index >= 15 is 0 Å². The Kier molecular flexibility index (Phi) is 7.71. The van der Waals surface area contributed by atoms with E-state index in [1.807, 2.05) is 17.0 Å². The number of carboxylic acid groups (broad SMARTS) is 1. The molecule has 1 aliphatic rings. The van der Waals surface area contributed by atoms with Gasteiger partial charge in [-0.15, -0.1) is 0 Å². The molecule has 4 heteroatoms. The number of hydrogen-bond acceptors (Lipinski definition) is 2. The number of carboxylic acids is 1. The molecule has 25 heavy (non-hydrogen) atoms. The zero-order valence-electron chi connectivity index (χ0n) is 15.1. The second-order valence-electron chi connectivity index (χ2n) is 6.72. The predicted octanol–water partition coefficient (Wildman–Crippen LogP) is 4.44. The van der Waals surface area contributed by atoms with Crippen LogP contribution in [0.5, 0.6) is 0 Å². The van der Waals surface area contributed by atoms with Crippen LogP contribution in [-0.2, 0) is 11.2 Å². The van der Waals surface area contributed by atoms with Crippen LogP contribution in [0.2, 0.25) is 0 Å². The molecule has 1 aliphatic heterocycles. The summed E-state index contributed by atoms with van der Waals surface area (Å²) >= 11 is 0. The van der Waals surface area contributed by atoms with E-state index in [4.69, 9.17) is 5.11 Å². The topological polar surface area (TPSA) is 57.6 Å². The van der Waals surface area contributed by atoms with Gasteiger partial charge in [0, 0.05) is 13.0 Å². The Hall–Kier alpha value is -2.10. The van der Waals surface area contributed by atoms with Crippen molar-refractivity contribution >= 4 is 11.9 Å². The predicted molar refractivity (Wildman–Crippen MR) is 99.7 cm³/mol. The second kappa shape index (κ2) is 10.0. The first-order valence-corrected chi connectivity index (χ1v) is 9.40. The maximum Gasteiger partial charge on any atom is 0.335 e. The monoisotopic (exact) mass is 343 g/mol. The molecule has 1 amide bonds. The molecule has 0 spiro atoms. The minimum atomic E-state index is -0.912. The number of rotatable bonds is 10.